The van der Waals surface area contributed by atoms with E-state index in [4.69, 9.17) is 4.74 Å². The van der Waals surface area contributed by atoms with Gasteiger partial charge in [-0.3, -0.25) is 9.88 Å². The van der Waals surface area contributed by atoms with E-state index in [0.29, 0.717) is 6.61 Å². The van der Waals surface area contributed by atoms with Crippen molar-refractivity contribution in [1.29, 1.82) is 0 Å². The van der Waals surface area contributed by atoms with Crippen molar-refractivity contribution >= 4 is 17.4 Å². The molecule has 2 saturated heterocycles. The number of ether oxygens (including phenoxy) is 1. The zero-order valence-corrected chi connectivity index (χ0v) is 16.5. The maximum atomic E-state index is 13.3. The van der Waals surface area contributed by atoms with Crippen molar-refractivity contribution < 1.29 is 9.53 Å². The Hall–Kier alpha value is -2.76. The summed E-state index contributed by atoms with van der Waals surface area (Å²) in [7, 11) is 0. The van der Waals surface area contributed by atoms with E-state index in [1.165, 1.54) is 11.3 Å². The van der Waals surface area contributed by atoms with Gasteiger partial charge in [0, 0.05) is 37.8 Å². The average Bonchev–Trinajstić information content (AvgIpc) is 2.66. The summed E-state index contributed by atoms with van der Waals surface area (Å²) in [5.41, 5.74) is 3.54. The molecule has 28 heavy (non-hydrogen) atoms. The molecule has 0 bridgehead atoms. The first-order chi connectivity index (χ1) is 13.6. The second-order valence-electron chi connectivity index (χ2n) is 8.39. The van der Waals surface area contributed by atoms with Gasteiger partial charge in [-0.2, -0.15) is 0 Å². The molecule has 2 amide bonds. The van der Waals surface area contributed by atoms with Crippen LogP contribution in [0.4, 0.5) is 16.2 Å². The lowest BCUT2D eigenvalue weighted by molar-refractivity contribution is 0.00895. The molecular formula is C22H26N4O2. The lowest BCUT2D eigenvalue weighted by Gasteiger charge is -2.61. The van der Waals surface area contributed by atoms with Crippen LogP contribution in [0.25, 0.3) is 0 Å². The zero-order chi connectivity index (χ0) is 19.3. The van der Waals surface area contributed by atoms with Crippen LogP contribution >= 0.6 is 0 Å². The predicted molar refractivity (Wildman–Crippen MR) is 109 cm³/mol. The summed E-state index contributed by atoms with van der Waals surface area (Å²) < 4.78 is 5.90. The maximum absolute atomic E-state index is 13.3. The van der Waals surface area contributed by atoms with Gasteiger partial charge in [0.1, 0.15) is 12.4 Å². The minimum Gasteiger partial charge on any atom is -0.489 e. The number of urea groups is 1. The molecule has 3 aliphatic rings. The fourth-order valence-corrected chi connectivity index (χ4v) is 4.64. The Bertz CT molecular complexity index is 887. The first-order valence-electron chi connectivity index (χ1n) is 10.1. The van der Waals surface area contributed by atoms with Crippen molar-refractivity contribution in [2.45, 2.75) is 26.3 Å². The molecule has 6 heteroatoms. The van der Waals surface area contributed by atoms with Crippen LogP contribution in [0.1, 0.15) is 19.4 Å². The molecule has 0 aliphatic carbocycles. The lowest BCUT2D eigenvalue weighted by atomic mass is 9.72. The number of pyridine rings is 1. The number of benzene rings is 1. The molecule has 5 rings (SSSR count). The van der Waals surface area contributed by atoms with Crippen LogP contribution in [0, 0.1) is 5.41 Å². The number of aromatic nitrogens is 1. The number of amides is 2. The summed E-state index contributed by atoms with van der Waals surface area (Å²) in [6.45, 7) is 8.37. The SMILES string of the molecule is CCc1ccc2c(c1)OCC(C)N2C(=O)N1CC2(C1)CN(c1cccnc1)C2. The molecule has 2 fully saturated rings. The first kappa shape index (κ1) is 17.3. The molecule has 0 N–H and O–H groups in total. The molecule has 0 radical (unpaired) electrons. The Balaban J connectivity index is 1.26. The Morgan fingerprint density at radius 3 is 2.79 bits per heavy atom. The summed E-state index contributed by atoms with van der Waals surface area (Å²) in [6, 6.07) is 10.4. The molecule has 1 spiro atoms. The van der Waals surface area contributed by atoms with Crippen LogP contribution in [0.2, 0.25) is 0 Å². The Kier molecular flexibility index (Phi) is 3.96. The third-order valence-electron chi connectivity index (χ3n) is 6.21. The van der Waals surface area contributed by atoms with Crippen molar-refractivity contribution in [3.8, 4) is 5.75 Å². The fraction of sp³-hybridized carbons (Fsp3) is 0.455. The summed E-state index contributed by atoms with van der Waals surface area (Å²) >= 11 is 0. The topological polar surface area (TPSA) is 48.9 Å². The van der Waals surface area contributed by atoms with Gasteiger partial charge >= 0.3 is 6.03 Å². The molecule has 0 saturated carbocycles. The normalized spacial score (nSPS) is 22.2. The number of hydrogen-bond acceptors (Lipinski definition) is 4. The minimum absolute atomic E-state index is 0.0392. The van der Waals surface area contributed by atoms with Crippen molar-refractivity contribution in [1.82, 2.24) is 9.88 Å². The second-order valence-corrected chi connectivity index (χ2v) is 8.39. The van der Waals surface area contributed by atoms with Gasteiger partial charge in [0.2, 0.25) is 0 Å². The number of likely N-dealkylation sites (tertiary alicyclic amines) is 1. The van der Waals surface area contributed by atoms with Gasteiger partial charge in [-0.25, -0.2) is 4.79 Å². The molecule has 4 heterocycles. The van der Waals surface area contributed by atoms with E-state index < -0.39 is 0 Å². The van der Waals surface area contributed by atoms with Gasteiger partial charge in [0.15, 0.2) is 0 Å². The highest BCUT2D eigenvalue weighted by atomic mass is 16.5. The van der Waals surface area contributed by atoms with Crippen LogP contribution in [-0.2, 0) is 6.42 Å². The highest BCUT2D eigenvalue weighted by molar-refractivity contribution is 5.95. The van der Waals surface area contributed by atoms with Crippen LogP contribution in [-0.4, -0.2) is 54.7 Å². The molecule has 2 aromatic rings. The largest absolute Gasteiger partial charge is 0.489 e. The number of nitrogens with zero attached hydrogens (tertiary/aromatic N) is 4. The van der Waals surface area contributed by atoms with Gasteiger partial charge in [0.25, 0.3) is 0 Å². The van der Waals surface area contributed by atoms with Crippen LogP contribution in [0.5, 0.6) is 5.75 Å². The van der Waals surface area contributed by atoms with Crippen molar-refractivity contribution in [2.24, 2.45) is 5.41 Å². The van der Waals surface area contributed by atoms with E-state index in [2.05, 4.69) is 41.9 Å². The fourth-order valence-electron chi connectivity index (χ4n) is 4.64. The molecule has 1 unspecified atom stereocenters. The molecule has 146 valence electrons. The number of fused-ring (bicyclic) bond motifs is 1. The smallest absolute Gasteiger partial charge is 0.325 e. The van der Waals surface area contributed by atoms with E-state index in [-0.39, 0.29) is 17.5 Å². The Morgan fingerprint density at radius 2 is 2.07 bits per heavy atom. The Labute approximate surface area is 165 Å². The van der Waals surface area contributed by atoms with Crippen LogP contribution in [0.3, 0.4) is 0 Å². The number of rotatable bonds is 2. The molecule has 1 atom stereocenters. The quantitative estimate of drug-likeness (QED) is 0.805. The standard InChI is InChI=1S/C22H26N4O2/c1-3-17-6-7-19-20(9-17)28-11-16(2)26(19)21(27)25-14-22(15-25)12-24(13-22)18-5-4-8-23-10-18/h4-10,16H,3,11-15H2,1-2H3. The monoisotopic (exact) mass is 378 g/mol. The molecule has 1 aromatic heterocycles. The number of carbonyl (C=O) groups excluding carboxylic acids is 1. The minimum atomic E-state index is 0.0392. The highest BCUT2D eigenvalue weighted by Crippen LogP contribution is 2.43. The lowest BCUT2D eigenvalue weighted by Crippen LogP contribution is -2.74. The Morgan fingerprint density at radius 1 is 1.25 bits per heavy atom. The zero-order valence-electron chi connectivity index (χ0n) is 16.5. The van der Waals surface area contributed by atoms with Crippen LogP contribution in [0.15, 0.2) is 42.7 Å². The number of hydrogen-bond donors (Lipinski definition) is 0. The summed E-state index contributed by atoms with van der Waals surface area (Å²) in [4.78, 5) is 23.7. The third kappa shape index (κ3) is 2.70. The van der Waals surface area contributed by atoms with Gasteiger partial charge < -0.3 is 14.5 Å². The average molecular weight is 378 g/mol. The van der Waals surface area contributed by atoms with Gasteiger partial charge in [0.05, 0.1) is 23.6 Å². The highest BCUT2D eigenvalue weighted by Gasteiger charge is 2.54. The molecular weight excluding hydrogens is 352 g/mol. The van der Waals surface area contributed by atoms with Crippen molar-refractivity contribution in [2.75, 3.05) is 42.6 Å². The van der Waals surface area contributed by atoms with E-state index >= 15 is 0 Å². The van der Waals surface area contributed by atoms with Gasteiger partial charge in [-0.1, -0.05) is 13.0 Å². The predicted octanol–water partition coefficient (Wildman–Crippen LogP) is 3.17. The third-order valence-corrected chi connectivity index (χ3v) is 6.21. The number of aryl methyl sites for hydroxylation is 1. The summed E-state index contributed by atoms with van der Waals surface area (Å²) in [6.07, 6.45) is 4.67. The number of anilines is 2. The second kappa shape index (κ2) is 6.40. The number of carbonyl (C=O) groups is 1. The summed E-state index contributed by atoms with van der Waals surface area (Å²) in [5, 5.41) is 0. The molecule has 1 aromatic carbocycles. The maximum Gasteiger partial charge on any atom is 0.325 e. The van der Waals surface area contributed by atoms with E-state index in [1.807, 2.05) is 28.1 Å². The van der Waals surface area contributed by atoms with Crippen molar-refractivity contribution in [3.05, 3.63) is 48.3 Å². The van der Waals surface area contributed by atoms with E-state index in [9.17, 15) is 4.79 Å². The van der Waals surface area contributed by atoms with Crippen LogP contribution < -0.4 is 14.5 Å². The van der Waals surface area contributed by atoms with E-state index in [0.717, 1.165) is 44.0 Å². The van der Waals surface area contributed by atoms with E-state index in [1.54, 1.807) is 6.20 Å². The first-order valence-corrected chi connectivity index (χ1v) is 10.1. The van der Waals surface area contributed by atoms with Crippen molar-refractivity contribution in [3.63, 3.8) is 0 Å². The summed E-state index contributed by atoms with van der Waals surface area (Å²) in [5.74, 6) is 0.826. The van der Waals surface area contributed by atoms with Gasteiger partial charge in [-0.05, 0) is 43.2 Å². The molecule has 3 aliphatic heterocycles. The van der Waals surface area contributed by atoms with Gasteiger partial charge in [-0.15, -0.1) is 0 Å². The molecule has 6 nitrogen and oxygen atoms in total.